The van der Waals surface area contributed by atoms with Gasteiger partial charge in [-0.15, -0.1) is 0 Å². The van der Waals surface area contributed by atoms with Crippen molar-refractivity contribution >= 4 is 35.0 Å². The SMILES string of the molecule is CN(C)C(=O)C1(O)C[C@H](O)[C@@H](NC(=O)C(Cl)Cl)[C@H]([C@H](O)[C@H](O)CO)O1. The van der Waals surface area contributed by atoms with Crippen molar-refractivity contribution in [3.63, 3.8) is 0 Å². The summed E-state index contributed by atoms with van der Waals surface area (Å²) in [5.41, 5.74) is 0. The average molecular weight is 405 g/mol. The maximum atomic E-state index is 12.1. The van der Waals surface area contributed by atoms with Gasteiger partial charge in [-0.3, -0.25) is 9.59 Å². The van der Waals surface area contributed by atoms with Crippen LogP contribution in [0.25, 0.3) is 0 Å². The van der Waals surface area contributed by atoms with Gasteiger partial charge in [0.05, 0.1) is 18.8 Å². The molecule has 0 aromatic heterocycles. The zero-order valence-electron chi connectivity index (χ0n) is 13.5. The van der Waals surface area contributed by atoms with E-state index >= 15 is 0 Å². The molecule has 1 heterocycles. The number of nitrogens with one attached hydrogen (secondary N) is 1. The van der Waals surface area contributed by atoms with Gasteiger partial charge in [0.2, 0.25) is 5.79 Å². The largest absolute Gasteiger partial charge is 0.394 e. The molecule has 6 atom stereocenters. The topological polar surface area (TPSA) is 160 Å². The fourth-order valence-corrected chi connectivity index (χ4v) is 2.60. The lowest BCUT2D eigenvalue weighted by atomic mass is 9.88. The summed E-state index contributed by atoms with van der Waals surface area (Å²) in [6.07, 6.45) is -7.39. The number of nitrogens with zero attached hydrogens (tertiary/aromatic N) is 1. The van der Waals surface area contributed by atoms with Crippen LogP contribution >= 0.6 is 23.2 Å². The van der Waals surface area contributed by atoms with E-state index in [0.717, 1.165) is 4.90 Å². The van der Waals surface area contributed by atoms with E-state index in [0.29, 0.717) is 0 Å². The molecule has 1 unspecified atom stereocenters. The number of aliphatic hydroxyl groups excluding tert-OH is 4. The zero-order valence-corrected chi connectivity index (χ0v) is 15.1. The Hall–Kier alpha value is -0.720. The van der Waals surface area contributed by atoms with Gasteiger partial charge in [-0.1, -0.05) is 23.2 Å². The van der Waals surface area contributed by atoms with Crippen LogP contribution in [0.5, 0.6) is 0 Å². The van der Waals surface area contributed by atoms with Crippen LogP contribution in [0.4, 0.5) is 0 Å². The van der Waals surface area contributed by atoms with E-state index in [-0.39, 0.29) is 0 Å². The van der Waals surface area contributed by atoms with Crippen LogP contribution in [0, 0.1) is 0 Å². The second-order valence-corrected chi connectivity index (χ2v) is 7.01. The van der Waals surface area contributed by atoms with E-state index in [1.54, 1.807) is 0 Å². The summed E-state index contributed by atoms with van der Waals surface area (Å²) < 4.78 is 5.23. The Morgan fingerprint density at radius 1 is 1.36 bits per heavy atom. The predicted molar refractivity (Wildman–Crippen MR) is 85.7 cm³/mol. The van der Waals surface area contributed by atoms with Gasteiger partial charge in [-0.25, -0.2) is 0 Å². The lowest BCUT2D eigenvalue weighted by molar-refractivity contribution is -0.290. The third-order valence-corrected chi connectivity index (χ3v) is 4.15. The molecule has 0 radical (unpaired) electrons. The van der Waals surface area contributed by atoms with Gasteiger partial charge < -0.3 is 40.5 Å². The number of carbonyl (C=O) groups is 2. The maximum Gasteiger partial charge on any atom is 0.282 e. The fourth-order valence-electron chi connectivity index (χ4n) is 2.48. The van der Waals surface area contributed by atoms with Gasteiger partial charge in [0, 0.05) is 20.5 Å². The van der Waals surface area contributed by atoms with Crippen LogP contribution < -0.4 is 5.32 Å². The van der Waals surface area contributed by atoms with Crippen molar-refractivity contribution in [3.8, 4) is 0 Å². The minimum absolute atomic E-state index is 0.622. The highest BCUT2D eigenvalue weighted by molar-refractivity contribution is 6.53. The molecule has 12 heteroatoms. The van der Waals surface area contributed by atoms with E-state index in [4.69, 9.17) is 33.0 Å². The number of hydrogen-bond donors (Lipinski definition) is 6. The lowest BCUT2D eigenvalue weighted by Crippen LogP contribution is -2.68. The van der Waals surface area contributed by atoms with E-state index < -0.39 is 65.9 Å². The molecule has 0 aromatic carbocycles. The Balaban J connectivity index is 3.16. The van der Waals surface area contributed by atoms with E-state index in [1.807, 2.05) is 0 Å². The first kappa shape index (κ1) is 22.3. The standard InChI is InChI=1S/C13H22Cl2N2O8/c1-17(2)12(23)13(24)3-5(19)7(16-11(22)10(14)15)9(25-13)8(21)6(20)4-18/h5-10,18-21,24H,3-4H2,1-2H3,(H,16,22)/t5-,6+,7+,8+,9+,13?/m0/s1. The van der Waals surface area contributed by atoms with Crippen molar-refractivity contribution in [2.45, 2.75) is 47.5 Å². The average Bonchev–Trinajstić information content (AvgIpc) is 2.54. The highest BCUT2D eigenvalue weighted by Crippen LogP contribution is 2.31. The van der Waals surface area contributed by atoms with Crippen molar-refractivity contribution in [1.29, 1.82) is 0 Å². The summed E-state index contributed by atoms with van der Waals surface area (Å²) in [6, 6.07) is -1.36. The van der Waals surface area contributed by atoms with Gasteiger partial charge in [-0.05, 0) is 0 Å². The number of rotatable bonds is 6. The normalized spacial score (nSPS) is 32.2. The first-order valence-corrected chi connectivity index (χ1v) is 8.17. The number of hydrogen-bond acceptors (Lipinski definition) is 8. The van der Waals surface area contributed by atoms with E-state index in [2.05, 4.69) is 5.32 Å². The molecular weight excluding hydrogens is 383 g/mol. The first-order chi connectivity index (χ1) is 11.4. The molecule has 1 aliphatic rings. The van der Waals surface area contributed by atoms with Crippen molar-refractivity contribution in [3.05, 3.63) is 0 Å². The zero-order chi connectivity index (χ0) is 19.5. The monoisotopic (exact) mass is 404 g/mol. The molecule has 2 amide bonds. The summed E-state index contributed by atoms with van der Waals surface area (Å²) in [6.45, 7) is -0.870. The van der Waals surface area contributed by atoms with Crippen molar-refractivity contribution in [2.24, 2.45) is 0 Å². The summed E-state index contributed by atoms with van der Waals surface area (Å²) in [7, 11) is 2.67. The van der Waals surface area contributed by atoms with E-state index in [9.17, 15) is 30.0 Å². The Morgan fingerprint density at radius 2 is 1.92 bits per heavy atom. The molecule has 146 valence electrons. The van der Waals surface area contributed by atoms with Crippen molar-refractivity contribution < 1.29 is 39.9 Å². The molecule has 25 heavy (non-hydrogen) atoms. The number of aliphatic hydroxyl groups is 5. The molecule has 0 bridgehead atoms. The second-order valence-electron chi connectivity index (χ2n) is 5.91. The summed E-state index contributed by atoms with van der Waals surface area (Å²) in [5.74, 6) is -4.35. The van der Waals surface area contributed by atoms with Gasteiger partial charge in [0.15, 0.2) is 4.84 Å². The van der Waals surface area contributed by atoms with Crippen LogP contribution in [-0.2, 0) is 14.3 Å². The molecule has 6 N–H and O–H groups in total. The van der Waals surface area contributed by atoms with Crippen molar-refractivity contribution in [2.75, 3.05) is 20.7 Å². The fraction of sp³-hybridized carbons (Fsp3) is 0.846. The quantitative estimate of drug-likeness (QED) is 0.254. The number of ether oxygens (including phenoxy) is 1. The number of alkyl halides is 2. The summed E-state index contributed by atoms with van der Waals surface area (Å²) in [4.78, 5) is 23.3. The number of carbonyl (C=O) groups excluding carboxylic acids is 2. The third-order valence-electron chi connectivity index (χ3n) is 3.75. The van der Waals surface area contributed by atoms with Crippen LogP contribution in [0.15, 0.2) is 0 Å². The van der Waals surface area contributed by atoms with Crippen LogP contribution in [0.3, 0.4) is 0 Å². The molecule has 1 fully saturated rings. The molecule has 0 saturated carbocycles. The molecule has 0 spiro atoms. The molecule has 0 aromatic rings. The van der Waals surface area contributed by atoms with Crippen LogP contribution in [-0.4, -0.2) is 104 Å². The summed E-state index contributed by atoms with van der Waals surface area (Å²) in [5, 5.41) is 51.7. The lowest BCUT2D eigenvalue weighted by Gasteiger charge is -2.46. The van der Waals surface area contributed by atoms with Crippen LogP contribution in [0.2, 0.25) is 0 Å². The molecule has 1 rings (SSSR count). The number of amides is 2. The maximum absolute atomic E-state index is 12.1. The molecule has 1 aliphatic heterocycles. The molecule has 0 aliphatic carbocycles. The smallest absolute Gasteiger partial charge is 0.282 e. The third kappa shape index (κ3) is 5.14. The van der Waals surface area contributed by atoms with Gasteiger partial charge in [0.25, 0.3) is 11.8 Å². The number of halogens is 2. The molecule has 1 saturated heterocycles. The minimum Gasteiger partial charge on any atom is -0.394 e. The van der Waals surface area contributed by atoms with Gasteiger partial charge >= 0.3 is 0 Å². The number of likely N-dealkylation sites (N-methyl/N-ethyl adjacent to an activating group) is 1. The first-order valence-electron chi connectivity index (χ1n) is 7.30. The second kappa shape index (κ2) is 8.78. The Bertz CT molecular complexity index is 495. The molecule has 10 nitrogen and oxygen atoms in total. The van der Waals surface area contributed by atoms with Gasteiger partial charge in [0.1, 0.15) is 18.3 Å². The Kier molecular flexibility index (Phi) is 7.84. The predicted octanol–water partition coefficient (Wildman–Crippen LogP) is -3.08. The highest BCUT2D eigenvalue weighted by Gasteiger charge is 2.54. The van der Waals surface area contributed by atoms with Crippen molar-refractivity contribution in [1.82, 2.24) is 10.2 Å². The molecular formula is C13H22Cl2N2O8. The Labute approximate surface area is 153 Å². The Morgan fingerprint density at radius 3 is 2.36 bits per heavy atom. The van der Waals surface area contributed by atoms with Gasteiger partial charge in [-0.2, -0.15) is 0 Å². The van der Waals surface area contributed by atoms with E-state index in [1.165, 1.54) is 14.1 Å². The van der Waals surface area contributed by atoms with Crippen LogP contribution in [0.1, 0.15) is 6.42 Å². The summed E-state index contributed by atoms with van der Waals surface area (Å²) >= 11 is 10.9. The highest BCUT2D eigenvalue weighted by atomic mass is 35.5. The minimum atomic E-state index is -2.51.